The molecular formula is C16H25NO. The first-order valence-corrected chi connectivity index (χ1v) is 7.61. The van der Waals surface area contributed by atoms with Gasteiger partial charge in [0.2, 0.25) is 0 Å². The zero-order valence-corrected chi connectivity index (χ0v) is 11.2. The normalized spacial score (nSPS) is 33.9. The molecule has 2 nitrogen and oxygen atoms in total. The molecule has 2 N–H and O–H groups in total. The van der Waals surface area contributed by atoms with Crippen LogP contribution >= 0.6 is 0 Å². The average molecular weight is 247 g/mol. The zero-order valence-electron chi connectivity index (χ0n) is 11.2. The smallest absolute Gasteiger partial charge is 0.105 e. The highest BCUT2D eigenvalue weighted by Crippen LogP contribution is 2.43. The van der Waals surface area contributed by atoms with Crippen molar-refractivity contribution in [1.29, 1.82) is 0 Å². The second-order valence-electron chi connectivity index (χ2n) is 6.33. The van der Waals surface area contributed by atoms with Crippen molar-refractivity contribution >= 4 is 0 Å². The first-order valence-electron chi connectivity index (χ1n) is 7.61. The maximum Gasteiger partial charge on any atom is 0.105 e. The molecule has 0 spiro atoms. The van der Waals surface area contributed by atoms with Crippen molar-refractivity contribution in [2.75, 3.05) is 0 Å². The Morgan fingerprint density at radius 2 is 2.00 bits per heavy atom. The lowest BCUT2D eigenvalue weighted by Gasteiger charge is -2.41. The zero-order chi connectivity index (χ0) is 12.4. The minimum Gasteiger partial charge on any atom is -0.469 e. The molecule has 2 aliphatic carbocycles. The first kappa shape index (κ1) is 12.3. The second-order valence-corrected chi connectivity index (χ2v) is 6.33. The van der Waals surface area contributed by atoms with Crippen LogP contribution < -0.4 is 5.73 Å². The van der Waals surface area contributed by atoms with E-state index in [-0.39, 0.29) is 0 Å². The fourth-order valence-corrected chi connectivity index (χ4v) is 4.13. The van der Waals surface area contributed by atoms with E-state index in [1.54, 1.807) is 6.26 Å². The van der Waals surface area contributed by atoms with Crippen molar-refractivity contribution in [3.05, 3.63) is 24.2 Å². The van der Waals surface area contributed by atoms with Crippen LogP contribution in [0.25, 0.3) is 0 Å². The van der Waals surface area contributed by atoms with Crippen molar-refractivity contribution in [2.24, 2.45) is 23.5 Å². The Morgan fingerprint density at radius 1 is 1.17 bits per heavy atom. The maximum atomic E-state index is 6.40. The lowest BCUT2D eigenvalue weighted by molar-refractivity contribution is 0.116. The lowest BCUT2D eigenvalue weighted by Crippen LogP contribution is -2.38. The Bertz CT molecular complexity index is 359. The van der Waals surface area contributed by atoms with Gasteiger partial charge in [-0.25, -0.2) is 0 Å². The summed E-state index contributed by atoms with van der Waals surface area (Å²) >= 11 is 0. The summed E-state index contributed by atoms with van der Waals surface area (Å²) in [7, 11) is 0. The third kappa shape index (κ3) is 2.64. The minimum absolute atomic E-state index is 0.291. The van der Waals surface area contributed by atoms with Crippen molar-refractivity contribution in [1.82, 2.24) is 0 Å². The van der Waals surface area contributed by atoms with E-state index in [9.17, 15) is 0 Å². The van der Waals surface area contributed by atoms with Crippen LogP contribution in [0.4, 0.5) is 0 Å². The van der Waals surface area contributed by atoms with Gasteiger partial charge in [-0.1, -0.05) is 25.7 Å². The average Bonchev–Trinajstić information content (AvgIpc) is 2.91. The van der Waals surface area contributed by atoms with Crippen molar-refractivity contribution in [3.8, 4) is 0 Å². The Hall–Kier alpha value is -0.760. The molecule has 0 aromatic carbocycles. The summed E-state index contributed by atoms with van der Waals surface area (Å²) in [5, 5.41) is 0. The van der Waals surface area contributed by atoms with Crippen LogP contribution in [-0.2, 0) is 6.42 Å². The Labute approximate surface area is 110 Å². The van der Waals surface area contributed by atoms with Gasteiger partial charge in [0, 0.05) is 12.5 Å². The molecule has 1 aromatic rings. The third-order valence-electron chi connectivity index (χ3n) is 5.20. The highest BCUT2D eigenvalue weighted by molar-refractivity contribution is 5.01. The van der Waals surface area contributed by atoms with Crippen LogP contribution in [0.1, 0.15) is 50.7 Å². The fraction of sp³-hybridized carbons (Fsp3) is 0.750. The molecule has 18 heavy (non-hydrogen) atoms. The summed E-state index contributed by atoms with van der Waals surface area (Å²) in [6.07, 6.45) is 12.6. The van der Waals surface area contributed by atoms with E-state index < -0.39 is 0 Å². The summed E-state index contributed by atoms with van der Waals surface area (Å²) in [5.74, 6) is 3.76. The number of hydrogen-bond acceptors (Lipinski definition) is 2. The predicted molar refractivity (Wildman–Crippen MR) is 73.2 cm³/mol. The Balaban J connectivity index is 1.56. The second kappa shape index (κ2) is 5.48. The topological polar surface area (TPSA) is 39.2 Å². The van der Waals surface area contributed by atoms with Crippen LogP contribution in [0.2, 0.25) is 0 Å². The molecule has 4 unspecified atom stereocenters. The number of nitrogens with two attached hydrogens (primary N) is 1. The first-order chi connectivity index (χ1) is 8.83. The van der Waals surface area contributed by atoms with E-state index in [0.717, 1.165) is 29.9 Å². The molecule has 0 bridgehead atoms. The number of furan rings is 1. The maximum absolute atomic E-state index is 6.40. The number of fused-ring (bicyclic) bond motifs is 1. The highest BCUT2D eigenvalue weighted by Gasteiger charge is 2.34. The van der Waals surface area contributed by atoms with Crippen molar-refractivity contribution < 1.29 is 4.42 Å². The van der Waals surface area contributed by atoms with Crippen LogP contribution in [0.3, 0.4) is 0 Å². The van der Waals surface area contributed by atoms with E-state index in [0.29, 0.717) is 6.04 Å². The predicted octanol–water partition coefficient (Wildman–Crippen LogP) is 3.76. The molecular weight excluding hydrogens is 222 g/mol. The molecule has 3 rings (SSSR count). The van der Waals surface area contributed by atoms with Gasteiger partial charge < -0.3 is 10.2 Å². The van der Waals surface area contributed by atoms with Gasteiger partial charge in [-0.15, -0.1) is 0 Å². The van der Waals surface area contributed by atoms with Gasteiger partial charge in [-0.2, -0.15) is 0 Å². The molecule has 2 heteroatoms. The van der Waals surface area contributed by atoms with Gasteiger partial charge in [0.15, 0.2) is 0 Å². The summed E-state index contributed by atoms with van der Waals surface area (Å²) in [6, 6.07) is 4.30. The van der Waals surface area contributed by atoms with Gasteiger partial charge in [0.25, 0.3) is 0 Å². The lowest BCUT2D eigenvalue weighted by atomic mass is 9.66. The minimum atomic E-state index is 0.291. The molecule has 0 radical (unpaired) electrons. The summed E-state index contributed by atoms with van der Waals surface area (Å²) in [6.45, 7) is 0. The summed E-state index contributed by atoms with van der Waals surface area (Å²) in [5.41, 5.74) is 6.40. The molecule has 1 heterocycles. The van der Waals surface area contributed by atoms with Crippen LogP contribution in [0.5, 0.6) is 0 Å². The Kier molecular flexibility index (Phi) is 3.74. The van der Waals surface area contributed by atoms with E-state index in [2.05, 4.69) is 0 Å². The largest absolute Gasteiger partial charge is 0.469 e. The van der Waals surface area contributed by atoms with Crippen LogP contribution in [-0.4, -0.2) is 6.04 Å². The Morgan fingerprint density at radius 3 is 2.78 bits per heavy atom. The number of rotatable bonds is 3. The molecule has 2 fully saturated rings. The molecule has 4 atom stereocenters. The van der Waals surface area contributed by atoms with E-state index >= 15 is 0 Å². The summed E-state index contributed by atoms with van der Waals surface area (Å²) < 4.78 is 5.42. The molecule has 100 valence electrons. The van der Waals surface area contributed by atoms with Gasteiger partial charge >= 0.3 is 0 Å². The molecule has 0 saturated heterocycles. The molecule has 1 aromatic heterocycles. The molecule has 0 amide bonds. The summed E-state index contributed by atoms with van der Waals surface area (Å²) in [4.78, 5) is 0. The van der Waals surface area contributed by atoms with Gasteiger partial charge in [0.1, 0.15) is 5.76 Å². The van der Waals surface area contributed by atoms with Gasteiger partial charge in [0.05, 0.1) is 6.26 Å². The van der Waals surface area contributed by atoms with Crippen molar-refractivity contribution in [2.45, 2.75) is 57.4 Å². The van der Waals surface area contributed by atoms with Crippen LogP contribution in [0, 0.1) is 17.8 Å². The van der Waals surface area contributed by atoms with Gasteiger partial charge in [-0.05, 0) is 49.1 Å². The quantitative estimate of drug-likeness (QED) is 0.883. The highest BCUT2D eigenvalue weighted by atomic mass is 16.3. The molecule has 0 aliphatic heterocycles. The number of hydrogen-bond donors (Lipinski definition) is 1. The monoisotopic (exact) mass is 247 g/mol. The standard InChI is InChI=1S/C16H25NO/c17-16(11-15-6-3-9-18-15)14-8-7-12-4-1-2-5-13(12)10-14/h3,6,9,12-14,16H,1-2,4-5,7-8,10-11,17H2. The fourth-order valence-electron chi connectivity index (χ4n) is 4.13. The SMILES string of the molecule is NC(Cc1ccco1)C1CCC2CCCCC2C1. The van der Waals surface area contributed by atoms with E-state index in [4.69, 9.17) is 10.2 Å². The molecule has 2 aliphatic rings. The molecule has 2 saturated carbocycles. The van der Waals surface area contributed by atoms with E-state index in [1.165, 1.54) is 44.9 Å². The van der Waals surface area contributed by atoms with Crippen molar-refractivity contribution in [3.63, 3.8) is 0 Å². The van der Waals surface area contributed by atoms with E-state index in [1.807, 2.05) is 12.1 Å². The third-order valence-corrected chi connectivity index (χ3v) is 5.20. The van der Waals surface area contributed by atoms with Crippen LogP contribution in [0.15, 0.2) is 22.8 Å². The van der Waals surface area contributed by atoms with Gasteiger partial charge in [-0.3, -0.25) is 0 Å².